The number of esters is 1. The average molecular weight is 1090 g/mol. The molecule has 8 unspecified atom stereocenters. The molecular weight excluding hydrogens is 967 g/mol. The molecule has 0 spiro atoms. The minimum atomic E-state index is -1.62. The summed E-state index contributed by atoms with van der Waals surface area (Å²) in [5.41, 5.74) is 0. The Labute approximate surface area is 472 Å². The number of hydrogen-bond donors (Lipinski definition) is 6. The van der Waals surface area contributed by atoms with Crippen molar-refractivity contribution < 1.29 is 49.3 Å². The molecule has 1 fully saturated rings. The summed E-state index contributed by atoms with van der Waals surface area (Å²) in [5.74, 6) is -1.20. The summed E-state index contributed by atoms with van der Waals surface area (Å²) in [6, 6.07) is -1.03. The fourth-order valence-electron chi connectivity index (χ4n) is 10.0. The Morgan fingerprint density at radius 3 is 1.36 bits per heavy atom. The third-order valence-electron chi connectivity index (χ3n) is 15.2. The largest absolute Gasteiger partial charge is 0.454 e. The lowest BCUT2D eigenvalue weighted by Crippen LogP contribution is -2.61. The Morgan fingerprint density at radius 2 is 0.896 bits per heavy atom. The first-order chi connectivity index (χ1) is 37.7. The number of nitrogens with one attached hydrogen (secondary N) is 1. The van der Waals surface area contributed by atoms with E-state index in [4.69, 9.17) is 14.2 Å². The van der Waals surface area contributed by atoms with Crippen molar-refractivity contribution in [1.82, 2.24) is 5.32 Å². The third kappa shape index (κ3) is 42.2. The number of allylic oxidation sites excluding steroid dienone is 7. The van der Waals surface area contributed by atoms with E-state index in [2.05, 4.69) is 62.5 Å². The Bertz CT molecular complexity index is 1440. The van der Waals surface area contributed by atoms with Crippen molar-refractivity contribution >= 4 is 11.9 Å². The van der Waals surface area contributed by atoms with Gasteiger partial charge in [-0.05, 0) is 83.5 Å². The molecule has 6 N–H and O–H groups in total. The van der Waals surface area contributed by atoms with Crippen molar-refractivity contribution in [3.05, 3.63) is 48.6 Å². The highest BCUT2D eigenvalue weighted by Crippen LogP contribution is 2.26. The number of aliphatic hydroxyl groups excluding tert-OH is 5. The lowest BCUT2D eigenvalue weighted by atomic mass is 9.99. The van der Waals surface area contributed by atoms with Crippen LogP contribution in [0.15, 0.2) is 48.6 Å². The molecule has 1 aliphatic heterocycles. The molecule has 1 heterocycles. The number of amides is 1. The van der Waals surface area contributed by atoms with Crippen LogP contribution in [-0.2, 0) is 23.8 Å². The Morgan fingerprint density at radius 1 is 0.506 bits per heavy atom. The smallest absolute Gasteiger partial charge is 0.306 e. The summed E-state index contributed by atoms with van der Waals surface area (Å²) in [6.07, 6.45) is 55.9. The number of rotatable bonds is 55. The monoisotopic (exact) mass is 1090 g/mol. The van der Waals surface area contributed by atoms with Crippen LogP contribution in [-0.4, -0.2) is 99.6 Å². The van der Waals surface area contributed by atoms with Crippen molar-refractivity contribution in [3.63, 3.8) is 0 Å². The highest BCUT2D eigenvalue weighted by atomic mass is 16.7. The molecule has 0 aromatic heterocycles. The molecule has 1 amide bonds. The maximum absolute atomic E-state index is 13.4. The standard InChI is InChI=1S/C66H121NO10/c1-4-7-10-13-16-19-22-24-25-26-27-28-29-30-31-32-33-34-36-38-41-44-47-50-53-59(70)65(74)67-57(58(69)52-49-46-43-40-37-21-18-15-12-9-6-3)56-75-66-64(63(73)62(72)60(55-68)76-66)77-61(71)54-51-48-45-42-39-35-23-20-17-14-11-8-5-2/h16,19,24-25,35,39,49,52,57-60,62-64,66,68-70,72-73H,4-15,17-18,20-23,26-34,36-38,40-48,50-51,53-56H2,1-3H3,(H,67,74)/b19-16-,25-24-,39-35-,52-49+. The molecule has 1 aliphatic rings. The summed E-state index contributed by atoms with van der Waals surface area (Å²) in [7, 11) is 0. The first-order valence-electron chi connectivity index (χ1n) is 32.4. The van der Waals surface area contributed by atoms with E-state index in [0.29, 0.717) is 19.3 Å². The summed E-state index contributed by atoms with van der Waals surface area (Å²) in [5, 5.41) is 57.0. The number of carbonyl (C=O) groups excluding carboxylic acids is 2. The molecule has 1 saturated heterocycles. The molecule has 0 aromatic carbocycles. The van der Waals surface area contributed by atoms with E-state index in [9.17, 15) is 35.1 Å². The van der Waals surface area contributed by atoms with Crippen LogP contribution in [0.2, 0.25) is 0 Å². The summed E-state index contributed by atoms with van der Waals surface area (Å²) in [6.45, 7) is 5.75. The Hall–Kier alpha value is -2.38. The molecule has 11 nitrogen and oxygen atoms in total. The van der Waals surface area contributed by atoms with Gasteiger partial charge in [0.25, 0.3) is 0 Å². The average Bonchev–Trinajstić information content (AvgIpc) is 3.44. The molecule has 0 saturated carbocycles. The van der Waals surface area contributed by atoms with Crippen LogP contribution in [0.25, 0.3) is 0 Å². The molecule has 1 rings (SSSR count). The topological polar surface area (TPSA) is 175 Å². The number of hydrogen-bond acceptors (Lipinski definition) is 10. The number of aliphatic hydroxyl groups is 5. The number of carbonyl (C=O) groups is 2. The zero-order valence-electron chi connectivity index (χ0n) is 49.8. The number of ether oxygens (including phenoxy) is 3. The molecule has 11 heteroatoms. The lowest BCUT2D eigenvalue weighted by molar-refractivity contribution is -0.305. The van der Waals surface area contributed by atoms with Gasteiger partial charge in [-0.3, -0.25) is 9.59 Å². The first-order valence-corrected chi connectivity index (χ1v) is 32.4. The van der Waals surface area contributed by atoms with Gasteiger partial charge < -0.3 is 45.1 Å². The van der Waals surface area contributed by atoms with E-state index in [-0.39, 0.29) is 13.0 Å². The van der Waals surface area contributed by atoms with E-state index < -0.39 is 67.4 Å². The maximum Gasteiger partial charge on any atom is 0.306 e. The van der Waals surface area contributed by atoms with Gasteiger partial charge in [-0.1, -0.05) is 256 Å². The second kappa shape index (κ2) is 54.2. The normalized spacial score (nSPS) is 19.3. The highest BCUT2D eigenvalue weighted by Gasteiger charge is 2.47. The molecule has 450 valence electrons. The maximum atomic E-state index is 13.4. The van der Waals surface area contributed by atoms with Gasteiger partial charge in [-0.25, -0.2) is 0 Å². The van der Waals surface area contributed by atoms with Gasteiger partial charge in [-0.2, -0.15) is 0 Å². The zero-order chi connectivity index (χ0) is 56.1. The molecule has 77 heavy (non-hydrogen) atoms. The second-order valence-corrected chi connectivity index (χ2v) is 22.5. The van der Waals surface area contributed by atoms with Gasteiger partial charge >= 0.3 is 5.97 Å². The van der Waals surface area contributed by atoms with Crippen LogP contribution in [0.5, 0.6) is 0 Å². The van der Waals surface area contributed by atoms with E-state index in [1.807, 2.05) is 6.08 Å². The minimum absolute atomic E-state index is 0.105. The van der Waals surface area contributed by atoms with Crippen LogP contribution in [0.1, 0.15) is 297 Å². The molecule has 0 bridgehead atoms. The van der Waals surface area contributed by atoms with E-state index in [0.717, 1.165) is 70.6 Å². The summed E-state index contributed by atoms with van der Waals surface area (Å²) < 4.78 is 17.6. The van der Waals surface area contributed by atoms with Crippen molar-refractivity contribution in [2.24, 2.45) is 0 Å². The summed E-state index contributed by atoms with van der Waals surface area (Å²) >= 11 is 0. The lowest BCUT2D eigenvalue weighted by Gasteiger charge is -2.41. The van der Waals surface area contributed by atoms with Crippen LogP contribution >= 0.6 is 0 Å². The number of unbranched alkanes of at least 4 members (excludes halogenated alkanes) is 35. The third-order valence-corrected chi connectivity index (χ3v) is 15.2. The van der Waals surface area contributed by atoms with Crippen LogP contribution < -0.4 is 5.32 Å². The zero-order valence-corrected chi connectivity index (χ0v) is 49.8. The van der Waals surface area contributed by atoms with Crippen molar-refractivity contribution in [2.75, 3.05) is 13.2 Å². The molecule has 8 atom stereocenters. The van der Waals surface area contributed by atoms with Gasteiger partial charge in [0.2, 0.25) is 5.91 Å². The van der Waals surface area contributed by atoms with Gasteiger partial charge in [0, 0.05) is 6.42 Å². The van der Waals surface area contributed by atoms with E-state index in [1.165, 1.54) is 180 Å². The van der Waals surface area contributed by atoms with E-state index in [1.54, 1.807) is 6.08 Å². The molecular formula is C66H121NO10. The molecule has 0 aromatic rings. The quantitative estimate of drug-likeness (QED) is 0.0195. The van der Waals surface area contributed by atoms with Crippen LogP contribution in [0, 0.1) is 0 Å². The van der Waals surface area contributed by atoms with Crippen molar-refractivity contribution in [2.45, 2.75) is 346 Å². The van der Waals surface area contributed by atoms with Gasteiger partial charge in [0.1, 0.15) is 24.4 Å². The predicted octanol–water partition coefficient (Wildman–Crippen LogP) is 15.6. The fourth-order valence-corrected chi connectivity index (χ4v) is 10.0. The van der Waals surface area contributed by atoms with Crippen molar-refractivity contribution in [1.29, 1.82) is 0 Å². The first kappa shape index (κ1) is 72.6. The molecule has 0 radical (unpaired) electrons. The van der Waals surface area contributed by atoms with Crippen LogP contribution in [0.4, 0.5) is 0 Å². The summed E-state index contributed by atoms with van der Waals surface area (Å²) in [4.78, 5) is 26.5. The molecule has 0 aliphatic carbocycles. The van der Waals surface area contributed by atoms with Gasteiger partial charge in [-0.15, -0.1) is 0 Å². The Balaban J connectivity index is 2.59. The Kier molecular flexibility index (Phi) is 51.1. The predicted molar refractivity (Wildman–Crippen MR) is 320 cm³/mol. The van der Waals surface area contributed by atoms with E-state index >= 15 is 0 Å². The van der Waals surface area contributed by atoms with Gasteiger partial charge in [0.15, 0.2) is 12.4 Å². The highest BCUT2D eigenvalue weighted by molar-refractivity contribution is 5.80. The second-order valence-electron chi connectivity index (χ2n) is 22.5. The SMILES string of the molecule is CCCCC/C=C\C/C=C\CCCCCCCCCCCCCCCCC(O)C(=O)NC(COC1OC(CO)C(O)C(O)C1OC(=O)CCCCC/C=C\CCCCCCCC)C(O)/C=C/CCCCCCCCCCC. The fraction of sp³-hybridized carbons (Fsp3) is 0.848. The van der Waals surface area contributed by atoms with Crippen LogP contribution in [0.3, 0.4) is 0 Å². The van der Waals surface area contributed by atoms with Gasteiger partial charge in [0.05, 0.1) is 25.4 Å². The van der Waals surface area contributed by atoms with Crippen molar-refractivity contribution in [3.8, 4) is 0 Å². The minimum Gasteiger partial charge on any atom is -0.454 e.